The third-order valence-corrected chi connectivity index (χ3v) is 5.94. The minimum absolute atomic E-state index is 0.184. The van der Waals surface area contributed by atoms with Crippen LogP contribution in [0.15, 0.2) is 59.5 Å². The van der Waals surface area contributed by atoms with Gasteiger partial charge in [0.1, 0.15) is 5.82 Å². The molecule has 10 heteroatoms. The van der Waals surface area contributed by atoms with Gasteiger partial charge in [0, 0.05) is 42.9 Å². The highest BCUT2D eigenvalue weighted by atomic mass is 19.4. The molecule has 0 atom stereocenters. The van der Waals surface area contributed by atoms with Crippen molar-refractivity contribution in [1.29, 1.82) is 0 Å². The summed E-state index contributed by atoms with van der Waals surface area (Å²) >= 11 is 0. The van der Waals surface area contributed by atoms with Crippen LogP contribution in [0.2, 0.25) is 0 Å². The lowest BCUT2D eigenvalue weighted by Crippen LogP contribution is -2.35. The highest BCUT2D eigenvalue weighted by Crippen LogP contribution is 2.31. The maximum atomic E-state index is 12.9. The van der Waals surface area contributed by atoms with Gasteiger partial charge in [-0.25, -0.2) is 4.98 Å². The summed E-state index contributed by atoms with van der Waals surface area (Å²) in [6.07, 6.45) is -2.12. The predicted octanol–water partition coefficient (Wildman–Crippen LogP) is 3.99. The quantitative estimate of drug-likeness (QED) is 0.395. The maximum absolute atomic E-state index is 12.9. The summed E-state index contributed by atoms with van der Waals surface area (Å²) in [6, 6.07) is 12.1. The minimum Gasteiger partial charge on any atom is -0.399 e. The average molecular weight is 466 g/mol. The van der Waals surface area contributed by atoms with Crippen molar-refractivity contribution < 1.29 is 13.2 Å². The van der Waals surface area contributed by atoms with Gasteiger partial charge in [-0.2, -0.15) is 18.3 Å². The van der Waals surface area contributed by atoms with E-state index in [0.29, 0.717) is 54.4 Å². The van der Waals surface area contributed by atoms with Crippen LogP contribution in [0.25, 0.3) is 22.6 Å². The molecule has 4 aromatic rings. The van der Waals surface area contributed by atoms with Crippen LogP contribution in [-0.2, 0) is 25.7 Å². The lowest BCUT2D eigenvalue weighted by molar-refractivity contribution is -0.137. The molecule has 0 unspecified atom stereocenters. The van der Waals surface area contributed by atoms with Gasteiger partial charge in [-0.1, -0.05) is 12.1 Å². The summed E-state index contributed by atoms with van der Waals surface area (Å²) in [5.74, 6) is 0.511. The van der Waals surface area contributed by atoms with Gasteiger partial charge in [0.25, 0.3) is 5.56 Å². The van der Waals surface area contributed by atoms with E-state index >= 15 is 0 Å². The Hall–Kier alpha value is -3.92. The number of hydrogen-bond acceptors (Lipinski definition) is 5. The van der Waals surface area contributed by atoms with Gasteiger partial charge in [-0.05, 0) is 42.0 Å². The Morgan fingerprint density at radius 1 is 1.03 bits per heavy atom. The third-order valence-electron chi connectivity index (χ3n) is 5.94. The van der Waals surface area contributed by atoms with Crippen LogP contribution < -0.4 is 11.3 Å². The van der Waals surface area contributed by atoms with Crippen molar-refractivity contribution in [3.8, 4) is 22.6 Å². The number of nitrogen functional groups attached to an aromatic ring is 1. The summed E-state index contributed by atoms with van der Waals surface area (Å²) in [7, 11) is 0. The van der Waals surface area contributed by atoms with Gasteiger partial charge in [-0.15, -0.1) is 0 Å². The molecule has 0 radical (unpaired) electrons. The first-order valence-electron chi connectivity index (χ1n) is 10.7. The number of rotatable bonds is 4. The number of nitrogens with zero attached hydrogens (tertiary/aromatic N) is 3. The van der Waals surface area contributed by atoms with E-state index in [0.717, 1.165) is 29.0 Å². The van der Waals surface area contributed by atoms with Gasteiger partial charge >= 0.3 is 6.18 Å². The molecule has 0 bridgehead atoms. The summed E-state index contributed by atoms with van der Waals surface area (Å²) in [5.41, 5.74) is 9.77. The van der Waals surface area contributed by atoms with E-state index in [-0.39, 0.29) is 5.56 Å². The van der Waals surface area contributed by atoms with Gasteiger partial charge in [0.05, 0.1) is 28.7 Å². The topological polar surface area (TPSA) is 104 Å². The number of hydrogen-bond donors (Lipinski definition) is 3. The molecule has 0 spiro atoms. The van der Waals surface area contributed by atoms with Crippen molar-refractivity contribution in [2.24, 2.45) is 0 Å². The molecular formula is C24H21F3N6O. The van der Waals surface area contributed by atoms with E-state index in [1.807, 2.05) is 12.1 Å². The molecule has 3 heterocycles. The van der Waals surface area contributed by atoms with Gasteiger partial charge in [0.2, 0.25) is 0 Å². The Kier molecular flexibility index (Phi) is 5.45. The van der Waals surface area contributed by atoms with Crippen molar-refractivity contribution in [3.05, 3.63) is 87.5 Å². The first-order valence-corrected chi connectivity index (χ1v) is 10.7. The van der Waals surface area contributed by atoms with Crippen LogP contribution >= 0.6 is 0 Å². The number of alkyl halides is 3. The van der Waals surface area contributed by atoms with Crippen molar-refractivity contribution in [3.63, 3.8) is 0 Å². The largest absolute Gasteiger partial charge is 0.416 e. The second-order valence-electron chi connectivity index (χ2n) is 8.27. The molecule has 34 heavy (non-hydrogen) atoms. The van der Waals surface area contributed by atoms with Crippen molar-refractivity contribution in [2.75, 3.05) is 12.3 Å². The predicted molar refractivity (Wildman–Crippen MR) is 122 cm³/mol. The lowest BCUT2D eigenvalue weighted by atomic mass is 10.0. The standard InChI is InChI=1S/C24H21F3N6O/c25-24(26,27)17-5-1-14(2-6-17)21-16(11-29-32-21)12-33-10-9-20-19(13-33)23(34)31-22(30-20)15-3-7-18(28)8-4-15/h1-8,11H,9-10,12-13,28H2,(H,29,32)(H,30,31,34). The SMILES string of the molecule is Nc1ccc(-c2nc3c(c(=O)[nH]2)CN(Cc2cn[nH]c2-c2ccc(C(F)(F)F)cc2)CC3)cc1. The summed E-state index contributed by atoms with van der Waals surface area (Å²) in [5, 5.41) is 6.97. The number of anilines is 1. The minimum atomic E-state index is -4.38. The zero-order valence-electron chi connectivity index (χ0n) is 18.0. The molecule has 2 aromatic heterocycles. The summed E-state index contributed by atoms with van der Waals surface area (Å²) < 4.78 is 38.6. The van der Waals surface area contributed by atoms with Crippen LogP contribution in [0.5, 0.6) is 0 Å². The zero-order valence-corrected chi connectivity index (χ0v) is 18.0. The fraction of sp³-hybridized carbons (Fsp3) is 0.208. The van der Waals surface area contributed by atoms with Crippen molar-refractivity contribution in [1.82, 2.24) is 25.1 Å². The molecule has 1 aliphatic heterocycles. The van der Waals surface area contributed by atoms with Crippen LogP contribution in [0.3, 0.4) is 0 Å². The molecule has 1 aliphatic rings. The molecule has 7 nitrogen and oxygen atoms in total. The number of benzene rings is 2. The molecule has 4 N–H and O–H groups in total. The maximum Gasteiger partial charge on any atom is 0.416 e. The Morgan fingerprint density at radius 3 is 2.44 bits per heavy atom. The Morgan fingerprint density at radius 2 is 1.74 bits per heavy atom. The Labute approximate surface area is 192 Å². The van der Waals surface area contributed by atoms with E-state index in [1.165, 1.54) is 12.1 Å². The Bertz CT molecular complexity index is 1370. The first kappa shape index (κ1) is 21.9. The van der Waals surface area contributed by atoms with E-state index in [4.69, 9.17) is 5.73 Å². The van der Waals surface area contributed by atoms with Crippen LogP contribution in [-0.4, -0.2) is 31.6 Å². The van der Waals surface area contributed by atoms with Crippen molar-refractivity contribution in [2.45, 2.75) is 25.7 Å². The number of H-pyrrole nitrogens is 2. The molecule has 2 aromatic carbocycles. The van der Waals surface area contributed by atoms with E-state index < -0.39 is 11.7 Å². The Balaban J connectivity index is 1.35. The van der Waals surface area contributed by atoms with Gasteiger partial charge in [-0.3, -0.25) is 14.8 Å². The molecule has 174 valence electrons. The number of fused-ring (bicyclic) bond motifs is 1. The summed E-state index contributed by atoms with van der Waals surface area (Å²) in [4.78, 5) is 22.4. The molecule has 0 saturated heterocycles. The number of nitrogens with two attached hydrogens (primary N) is 1. The van der Waals surface area contributed by atoms with Crippen LogP contribution in [0.4, 0.5) is 18.9 Å². The second kappa shape index (κ2) is 8.45. The fourth-order valence-corrected chi connectivity index (χ4v) is 4.14. The molecule has 0 amide bonds. The fourth-order valence-electron chi connectivity index (χ4n) is 4.14. The number of nitrogens with one attached hydrogen (secondary N) is 2. The smallest absolute Gasteiger partial charge is 0.399 e. The second-order valence-corrected chi connectivity index (χ2v) is 8.27. The summed E-state index contributed by atoms with van der Waals surface area (Å²) in [6.45, 7) is 1.59. The molecule has 5 rings (SSSR count). The number of aromatic nitrogens is 4. The highest BCUT2D eigenvalue weighted by molar-refractivity contribution is 5.63. The van der Waals surface area contributed by atoms with Gasteiger partial charge in [0.15, 0.2) is 0 Å². The normalized spacial score (nSPS) is 14.2. The molecular weight excluding hydrogens is 445 g/mol. The zero-order chi connectivity index (χ0) is 23.9. The van der Waals surface area contributed by atoms with E-state index in [9.17, 15) is 18.0 Å². The first-order chi connectivity index (χ1) is 16.3. The van der Waals surface area contributed by atoms with Crippen LogP contribution in [0, 0.1) is 0 Å². The van der Waals surface area contributed by atoms with Crippen LogP contribution in [0.1, 0.15) is 22.4 Å². The number of aromatic amines is 2. The van der Waals surface area contributed by atoms with E-state index in [2.05, 4.69) is 25.1 Å². The number of halogens is 3. The molecule has 0 aliphatic carbocycles. The van der Waals surface area contributed by atoms with Gasteiger partial charge < -0.3 is 10.7 Å². The monoisotopic (exact) mass is 466 g/mol. The molecule has 0 saturated carbocycles. The average Bonchev–Trinajstić information content (AvgIpc) is 3.27. The van der Waals surface area contributed by atoms with Crippen molar-refractivity contribution >= 4 is 5.69 Å². The highest BCUT2D eigenvalue weighted by Gasteiger charge is 2.30. The van der Waals surface area contributed by atoms with E-state index in [1.54, 1.807) is 18.3 Å². The lowest BCUT2D eigenvalue weighted by Gasteiger charge is -2.27. The molecule has 0 fully saturated rings. The third kappa shape index (κ3) is 4.32.